The summed E-state index contributed by atoms with van der Waals surface area (Å²) in [5.41, 5.74) is 3.90. The summed E-state index contributed by atoms with van der Waals surface area (Å²) in [5.74, 6) is 2.55. The lowest BCUT2D eigenvalue weighted by Gasteiger charge is -2.29. The molecule has 0 radical (unpaired) electrons. The Morgan fingerprint density at radius 2 is 2.06 bits per heavy atom. The summed E-state index contributed by atoms with van der Waals surface area (Å²) in [6.45, 7) is 2.50. The molecule has 0 saturated carbocycles. The number of nitrogens with one attached hydrogen (secondary N) is 1. The molecule has 1 aliphatic rings. The van der Waals surface area contributed by atoms with Gasteiger partial charge in [0.1, 0.15) is 0 Å². The molecular formula is C27H26ClN3O. The number of hydrogen-bond donors (Lipinski definition) is 1. The summed E-state index contributed by atoms with van der Waals surface area (Å²) >= 11 is 6.17. The van der Waals surface area contributed by atoms with Gasteiger partial charge >= 0.3 is 0 Å². The Kier molecular flexibility index (Phi) is 6.90. The van der Waals surface area contributed by atoms with E-state index in [4.69, 9.17) is 18.0 Å². The Balaban J connectivity index is 1.61. The molecule has 1 aromatic heterocycles. The molecule has 1 saturated heterocycles. The zero-order valence-electron chi connectivity index (χ0n) is 17.9. The quantitative estimate of drug-likeness (QED) is 0.543. The molecule has 32 heavy (non-hydrogen) atoms. The van der Waals surface area contributed by atoms with Gasteiger partial charge in [0.2, 0.25) is 5.91 Å². The van der Waals surface area contributed by atoms with E-state index in [2.05, 4.69) is 45.4 Å². The number of carbonyl (C=O) groups is 1. The fourth-order valence-electron chi connectivity index (χ4n) is 4.56. The van der Waals surface area contributed by atoms with Crippen LogP contribution in [0.25, 0.3) is 11.1 Å². The number of halogens is 1. The number of carbonyl (C=O) groups excluding carboxylic acids is 1. The third-order valence-electron chi connectivity index (χ3n) is 6.08. The van der Waals surface area contributed by atoms with Crippen LogP contribution in [0.3, 0.4) is 0 Å². The molecule has 2 heterocycles. The van der Waals surface area contributed by atoms with E-state index in [0.29, 0.717) is 13.0 Å². The minimum absolute atomic E-state index is 0.0185. The third-order valence-corrected chi connectivity index (χ3v) is 6.31. The van der Waals surface area contributed by atoms with E-state index in [0.717, 1.165) is 46.8 Å². The Labute approximate surface area is 194 Å². The monoisotopic (exact) mass is 443 g/mol. The number of nitrogens with zero attached hydrogens (tertiary/aromatic N) is 2. The van der Waals surface area contributed by atoms with E-state index in [1.807, 2.05) is 42.6 Å². The van der Waals surface area contributed by atoms with E-state index in [1.165, 1.54) is 0 Å². The predicted octanol–water partition coefficient (Wildman–Crippen LogP) is 4.59. The van der Waals surface area contributed by atoms with E-state index in [1.54, 1.807) is 6.20 Å². The van der Waals surface area contributed by atoms with Crippen molar-refractivity contribution >= 4 is 17.5 Å². The van der Waals surface area contributed by atoms with Gasteiger partial charge in [0.15, 0.2) is 0 Å². The number of rotatable bonds is 7. The van der Waals surface area contributed by atoms with Crippen molar-refractivity contribution in [1.29, 1.82) is 0 Å². The van der Waals surface area contributed by atoms with E-state index in [-0.39, 0.29) is 12.5 Å². The Morgan fingerprint density at radius 1 is 1.19 bits per heavy atom. The van der Waals surface area contributed by atoms with Crippen LogP contribution in [0.2, 0.25) is 5.02 Å². The molecule has 4 nitrogen and oxygen atoms in total. The zero-order chi connectivity index (χ0) is 22.4. The van der Waals surface area contributed by atoms with Crippen molar-refractivity contribution in [3.8, 4) is 23.5 Å². The van der Waals surface area contributed by atoms with Crippen LogP contribution in [0.4, 0.5) is 0 Å². The van der Waals surface area contributed by atoms with Crippen LogP contribution in [-0.4, -0.2) is 35.4 Å². The Hall–Kier alpha value is -3.13. The van der Waals surface area contributed by atoms with Crippen LogP contribution in [-0.2, 0) is 17.8 Å². The summed E-state index contributed by atoms with van der Waals surface area (Å²) < 4.78 is 0. The number of amides is 1. The van der Waals surface area contributed by atoms with Crippen molar-refractivity contribution in [2.45, 2.75) is 19.4 Å². The molecule has 1 aliphatic heterocycles. The van der Waals surface area contributed by atoms with Crippen LogP contribution in [0, 0.1) is 17.8 Å². The number of hydrogen-bond acceptors (Lipinski definition) is 3. The van der Waals surface area contributed by atoms with Crippen LogP contribution in [0.15, 0.2) is 73.1 Å². The lowest BCUT2D eigenvalue weighted by Crippen LogP contribution is -2.44. The van der Waals surface area contributed by atoms with Crippen LogP contribution in [0.1, 0.15) is 17.5 Å². The Morgan fingerprint density at radius 3 is 2.84 bits per heavy atom. The minimum atomic E-state index is -0.548. The zero-order valence-corrected chi connectivity index (χ0v) is 18.7. The van der Waals surface area contributed by atoms with Gasteiger partial charge in [-0.1, -0.05) is 60.0 Å². The highest BCUT2D eigenvalue weighted by atomic mass is 35.5. The average molecular weight is 444 g/mol. The highest BCUT2D eigenvalue weighted by Gasteiger charge is 2.44. The maximum atomic E-state index is 13.4. The summed E-state index contributed by atoms with van der Waals surface area (Å²) in [7, 11) is 0. The first-order valence-corrected chi connectivity index (χ1v) is 11.1. The topological polar surface area (TPSA) is 45.2 Å². The second kappa shape index (κ2) is 9.99. The average Bonchev–Trinajstić information content (AvgIpc) is 3.22. The van der Waals surface area contributed by atoms with E-state index >= 15 is 0 Å². The van der Waals surface area contributed by atoms with Gasteiger partial charge in [-0.3, -0.25) is 14.7 Å². The lowest BCUT2D eigenvalue weighted by molar-refractivity contribution is -0.130. The number of pyridine rings is 1. The van der Waals surface area contributed by atoms with E-state index in [9.17, 15) is 4.79 Å². The molecule has 162 valence electrons. The fourth-order valence-corrected chi connectivity index (χ4v) is 4.77. The van der Waals surface area contributed by atoms with Gasteiger partial charge in [-0.05, 0) is 54.3 Å². The SMILES string of the molecule is C#CCNC(=O)[C@@]1(Cc2ccccc2-c2cccnc2)CCN(Cc2cccc(Cl)c2)C1. The van der Waals surface area contributed by atoms with Crippen molar-refractivity contribution in [3.63, 3.8) is 0 Å². The summed E-state index contributed by atoms with van der Waals surface area (Å²) in [4.78, 5) is 20.0. The fraction of sp³-hybridized carbons (Fsp3) is 0.259. The van der Waals surface area contributed by atoms with Crippen LogP contribution in [0.5, 0.6) is 0 Å². The largest absolute Gasteiger partial charge is 0.345 e. The maximum absolute atomic E-state index is 13.4. The van der Waals surface area contributed by atoms with Gasteiger partial charge in [-0.15, -0.1) is 6.42 Å². The van der Waals surface area contributed by atoms with Crippen molar-refractivity contribution < 1.29 is 4.79 Å². The van der Waals surface area contributed by atoms with Gasteiger partial charge in [-0.2, -0.15) is 0 Å². The summed E-state index contributed by atoms with van der Waals surface area (Å²) in [5, 5.41) is 3.68. The molecule has 1 N–H and O–H groups in total. The molecule has 0 unspecified atom stereocenters. The lowest BCUT2D eigenvalue weighted by atomic mass is 9.78. The maximum Gasteiger partial charge on any atom is 0.228 e. The predicted molar refractivity (Wildman–Crippen MR) is 129 cm³/mol. The van der Waals surface area contributed by atoms with Crippen molar-refractivity contribution in [1.82, 2.24) is 15.2 Å². The molecule has 0 spiro atoms. The summed E-state index contributed by atoms with van der Waals surface area (Å²) in [6, 6.07) is 20.1. The standard InChI is InChI=1S/C27H26ClN3O/c1-2-13-30-26(32)27(12-15-31(20-27)19-21-7-5-10-24(28)16-21)17-22-8-3-4-11-25(22)23-9-6-14-29-18-23/h1,3-11,14,16,18H,12-13,15,17,19-20H2,(H,30,32)/t27-/m1/s1. The van der Waals surface area contributed by atoms with Crippen molar-refractivity contribution in [2.24, 2.45) is 5.41 Å². The molecule has 2 aromatic carbocycles. The molecule has 3 aromatic rings. The molecule has 4 rings (SSSR count). The second-order valence-electron chi connectivity index (χ2n) is 8.33. The van der Waals surface area contributed by atoms with Gasteiger partial charge in [0, 0.05) is 36.1 Å². The first-order chi connectivity index (χ1) is 15.6. The highest BCUT2D eigenvalue weighted by molar-refractivity contribution is 6.30. The van der Waals surface area contributed by atoms with E-state index < -0.39 is 5.41 Å². The number of likely N-dealkylation sites (tertiary alicyclic amines) is 1. The minimum Gasteiger partial charge on any atom is -0.345 e. The van der Waals surface area contributed by atoms with Crippen molar-refractivity contribution in [3.05, 3.63) is 89.2 Å². The van der Waals surface area contributed by atoms with Gasteiger partial charge < -0.3 is 5.32 Å². The van der Waals surface area contributed by atoms with Gasteiger partial charge in [0.05, 0.1) is 12.0 Å². The molecule has 5 heteroatoms. The smallest absolute Gasteiger partial charge is 0.228 e. The molecule has 1 atom stereocenters. The third kappa shape index (κ3) is 5.02. The molecule has 0 aliphatic carbocycles. The Bertz CT molecular complexity index is 1130. The first kappa shape index (κ1) is 22.1. The van der Waals surface area contributed by atoms with Gasteiger partial charge in [0.25, 0.3) is 0 Å². The first-order valence-electron chi connectivity index (χ1n) is 10.8. The number of terminal acetylenes is 1. The second-order valence-corrected chi connectivity index (χ2v) is 8.77. The normalized spacial score (nSPS) is 18.2. The van der Waals surface area contributed by atoms with Gasteiger partial charge in [-0.25, -0.2) is 0 Å². The van der Waals surface area contributed by atoms with Crippen LogP contribution >= 0.6 is 11.6 Å². The number of benzene rings is 2. The van der Waals surface area contributed by atoms with Crippen LogP contribution < -0.4 is 5.32 Å². The highest BCUT2D eigenvalue weighted by Crippen LogP contribution is 2.38. The summed E-state index contributed by atoms with van der Waals surface area (Å²) in [6.07, 6.45) is 10.5. The number of aromatic nitrogens is 1. The van der Waals surface area contributed by atoms with Crippen molar-refractivity contribution in [2.75, 3.05) is 19.6 Å². The molecular weight excluding hydrogens is 418 g/mol. The molecule has 1 fully saturated rings. The molecule has 0 bridgehead atoms. The molecule has 1 amide bonds.